The summed E-state index contributed by atoms with van der Waals surface area (Å²) in [6.07, 6.45) is 2.51. The SMILES string of the molecule is CCc1cc(=O)c2cc(-c3ccc4ccoc4c3)ccc2[nH]1. The first-order valence-corrected chi connectivity index (χ1v) is 7.38. The highest BCUT2D eigenvalue weighted by molar-refractivity contribution is 5.88. The maximum Gasteiger partial charge on any atom is 0.189 e. The number of H-pyrrole nitrogens is 1. The summed E-state index contributed by atoms with van der Waals surface area (Å²) in [5.74, 6) is 0. The molecule has 1 N–H and O–H groups in total. The molecule has 4 aromatic rings. The highest BCUT2D eigenvalue weighted by Gasteiger charge is 2.06. The molecule has 0 fully saturated rings. The van der Waals surface area contributed by atoms with Crippen molar-refractivity contribution in [1.82, 2.24) is 4.98 Å². The molecule has 2 heterocycles. The maximum absolute atomic E-state index is 12.3. The standard InChI is InChI=1S/C19H15NO2/c1-2-15-11-18(21)16-9-13(5-6-17(16)20-15)14-4-3-12-7-8-22-19(12)10-14/h3-11H,2H2,1H3,(H,20,21). The number of benzene rings is 2. The predicted molar refractivity (Wildman–Crippen MR) is 89.2 cm³/mol. The molecular formula is C19H15NO2. The van der Waals surface area contributed by atoms with Gasteiger partial charge in [-0.3, -0.25) is 4.79 Å². The zero-order chi connectivity index (χ0) is 15.1. The molecule has 3 heteroatoms. The van der Waals surface area contributed by atoms with Crippen molar-refractivity contribution in [3.63, 3.8) is 0 Å². The van der Waals surface area contributed by atoms with Crippen molar-refractivity contribution in [2.45, 2.75) is 13.3 Å². The second-order valence-corrected chi connectivity index (χ2v) is 5.45. The Bertz CT molecular complexity index is 1040. The molecular weight excluding hydrogens is 274 g/mol. The third-order valence-corrected chi connectivity index (χ3v) is 4.06. The molecule has 0 aliphatic heterocycles. The molecule has 0 bridgehead atoms. The van der Waals surface area contributed by atoms with E-state index in [0.717, 1.165) is 39.7 Å². The molecule has 2 aromatic heterocycles. The van der Waals surface area contributed by atoms with Crippen LogP contribution in [0.2, 0.25) is 0 Å². The average Bonchev–Trinajstić information content (AvgIpc) is 3.02. The third-order valence-electron chi connectivity index (χ3n) is 4.06. The Balaban J connectivity index is 1.91. The lowest BCUT2D eigenvalue weighted by Crippen LogP contribution is -2.04. The fourth-order valence-corrected chi connectivity index (χ4v) is 2.81. The summed E-state index contributed by atoms with van der Waals surface area (Å²) in [6, 6.07) is 15.6. The van der Waals surface area contributed by atoms with Gasteiger partial charge in [-0.1, -0.05) is 25.1 Å². The van der Waals surface area contributed by atoms with Crippen LogP contribution in [0.4, 0.5) is 0 Å². The fraction of sp³-hybridized carbons (Fsp3) is 0.105. The normalized spacial score (nSPS) is 11.3. The second-order valence-electron chi connectivity index (χ2n) is 5.45. The summed E-state index contributed by atoms with van der Waals surface area (Å²) in [4.78, 5) is 15.6. The van der Waals surface area contributed by atoms with Gasteiger partial charge in [0, 0.05) is 28.0 Å². The van der Waals surface area contributed by atoms with E-state index in [9.17, 15) is 4.79 Å². The van der Waals surface area contributed by atoms with Crippen LogP contribution < -0.4 is 5.43 Å². The van der Waals surface area contributed by atoms with Gasteiger partial charge in [0.2, 0.25) is 0 Å². The van der Waals surface area contributed by atoms with Crippen LogP contribution in [0.3, 0.4) is 0 Å². The number of fused-ring (bicyclic) bond motifs is 2. The van der Waals surface area contributed by atoms with Gasteiger partial charge in [0.05, 0.1) is 6.26 Å². The number of rotatable bonds is 2. The van der Waals surface area contributed by atoms with Crippen molar-refractivity contribution in [3.05, 3.63) is 70.7 Å². The number of nitrogens with one attached hydrogen (secondary N) is 1. The number of hydrogen-bond acceptors (Lipinski definition) is 2. The molecule has 0 amide bonds. The number of pyridine rings is 1. The lowest BCUT2D eigenvalue weighted by Gasteiger charge is -2.06. The second kappa shape index (κ2) is 4.88. The average molecular weight is 289 g/mol. The first-order valence-electron chi connectivity index (χ1n) is 7.38. The molecule has 0 aliphatic rings. The Morgan fingerprint density at radius 1 is 1.00 bits per heavy atom. The number of aryl methyl sites for hydroxylation is 1. The molecule has 0 radical (unpaired) electrons. The van der Waals surface area contributed by atoms with E-state index >= 15 is 0 Å². The van der Waals surface area contributed by atoms with Crippen molar-refractivity contribution < 1.29 is 4.42 Å². The topological polar surface area (TPSA) is 46.0 Å². The highest BCUT2D eigenvalue weighted by Crippen LogP contribution is 2.26. The smallest absolute Gasteiger partial charge is 0.189 e. The van der Waals surface area contributed by atoms with Gasteiger partial charge in [0.1, 0.15) is 5.58 Å². The van der Waals surface area contributed by atoms with E-state index in [4.69, 9.17) is 4.42 Å². The Hall–Kier alpha value is -2.81. The van der Waals surface area contributed by atoms with E-state index in [1.807, 2.05) is 49.4 Å². The van der Waals surface area contributed by atoms with Gasteiger partial charge < -0.3 is 9.40 Å². The molecule has 22 heavy (non-hydrogen) atoms. The molecule has 0 saturated heterocycles. The van der Waals surface area contributed by atoms with E-state index in [0.29, 0.717) is 5.39 Å². The molecule has 2 aromatic carbocycles. The van der Waals surface area contributed by atoms with Crippen molar-refractivity contribution >= 4 is 21.9 Å². The van der Waals surface area contributed by atoms with Crippen LogP contribution in [0.5, 0.6) is 0 Å². The largest absolute Gasteiger partial charge is 0.464 e. The predicted octanol–water partition coefficient (Wildman–Crippen LogP) is 4.50. The quantitative estimate of drug-likeness (QED) is 0.590. The molecule has 4 rings (SSSR count). The van der Waals surface area contributed by atoms with Gasteiger partial charge >= 0.3 is 0 Å². The summed E-state index contributed by atoms with van der Waals surface area (Å²) in [7, 11) is 0. The summed E-state index contributed by atoms with van der Waals surface area (Å²) >= 11 is 0. The van der Waals surface area contributed by atoms with Crippen molar-refractivity contribution in [2.24, 2.45) is 0 Å². The van der Waals surface area contributed by atoms with Crippen LogP contribution in [0.25, 0.3) is 33.0 Å². The number of furan rings is 1. The van der Waals surface area contributed by atoms with Crippen molar-refractivity contribution in [3.8, 4) is 11.1 Å². The molecule has 0 atom stereocenters. The minimum Gasteiger partial charge on any atom is -0.464 e. The Kier molecular flexibility index (Phi) is 2.86. The van der Waals surface area contributed by atoms with Crippen LogP contribution >= 0.6 is 0 Å². The van der Waals surface area contributed by atoms with Gasteiger partial charge in [-0.25, -0.2) is 0 Å². The summed E-state index contributed by atoms with van der Waals surface area (Å²) in [5.41, 5.74) is 4.82. The van der Waals surface area contributed by atoms with Gasteiger partial charge in [-0.05, 0) is 41.8 Å². The van der Waals surface area contributed by atoms with Crippen molar-refractivity contribution in [2.75, 3.05) is 0 Å². The Morgan fingerprint density at radius 2 is 1.82 bits per heavy atom. The first kappa shape index (κ1) is 12.9. The zero-order valence-electron chi connectivity index (χ0n) is 12.2. The molecule has 108 valence electrons. The van der Waals surface area contributed by atoms with Crippen LogP contribution in [0, 0.1) is 0 Å². The van der Waals surface area contributed by atoms with Gasteiger partial charge in [0.25, 0.3) is 0 Å². The Morgan fingerprint density at radius 3 is 2.68 bits per heavy atom. The monoisotopic (exact) mass is 289 g/mol. The molecule has 3 nitrogen and oxygen atoms in total. The highest BCUT2D eigenvalue weighted by atomic mass is 16.3. The van der Waals surface area contributed by atoms with Crippen LogP contribution in [0.1, 0.15) is 12.6 Å². The Labute approximate surface area is 127 Å². The zero-order valence-corrected chi connectivity index (χ0v) is 12.2. The number of hydrogen-bond donors (Lipinski definition) is 1. The molecule has 0 saturated carbocycles. The first-order chi connectivity index (χ1) is 10.7. The van der Waals surface area contributed by atoms with E-state index in [-0.39, 0.29) is 5.43 Å². The van der Waals surface area contributed by atoms with Gasteiger partial charge in [-0.2, -0.15) is 0 Å². The van der Waals surface area contributed by atoms with E-state index in [2.05, 4.69) is 4.98 Å². The fourth-order valence-electron chi connectivity index (χ4n) is 2.81. The number of aromatic nitrogens is 1. The van der Waals surface area contributed by atoms with Crippen molar-refractivity contribution in [1.29, 1.82) is 0 Å². The summed E-state index contributed by atoms with van der Waals surface area (Å²) < 4.78 is 5.45. The van der Waals surface area contributed by atoms with E-state index in [1.165, 1.54) is 0 Å². The lowest BCUT2D eigenvalue weighted by molar-refractivity contribution is 0.616. The third kappa shape index (κ3) is 2.02. The van der Waals surface area contributed by atoms with Gasteiger partial charge in [-0.15, -0.1) is 0 Å². The van der Waals surface area contributed by atoms with Crippen LogP contribution in [-0.4, -0.2) is 4.98 Å². The molecule has 0 aliphatic carbocycles. The molecule has 0 spiro atoms. The minimum atomic E-state index is 0.0616. The van der Waals surface area contributed by atoms with Crippen LogP contribution in [-0.2, 0) is 6.42 Å². The van der Waals surface area contributed by atoms with Crippen LogP contribution in [0.15, 0.2) is 64.0 Å². The number of aromatic amines is 1. The maximum atomic E-state index is 12.3. The lowest BCUT2D eigenvalue weighted by atomic mass is 10.0. The van der Waals surface area contributed by atoms with E-state index in [1.54, 1.807) is 12.3 Å². The van der Waals surface area contributed by atoms with E-state index < -0.39 is 0 Å². The summed E-state index contributed by atoms with van der Waals surface area (Å²) in [6.45, 7) is 2.03. The molecule has 0 unspecified atom stereocenters. The van der Waals surface area contributed by atoms with Gasteiger partial charge in [0.15, 0.2) is 5.43 Å². The summed E-state index contributed by atoms with van der Waals surface area (Å²) in [5, 5.41) is 1.80. The minimum absolute atomic E-state index is 0.0616.